The van der Waals surface area contributed by atoms with Gasteiger partial charge in [-0.1, -0.05) is 0 Å². The van der Waals surface area contributed by atoms with Gasteiger partial charge in [-0.15, -0.1) is 11.3 Å². The molecule has 24 heavy (non-hydrogen) atoms. The molecule has 0 bridgehead atoms. The average molecular weight is 367 g/mol. The number of rotatable bonds is 3. The van der Waals surface area contributed by atoms with E-state index in [2.05, 4.69) is 21.4 Å². The average Bonchev–Trinajstić information content (AvgIpc) is 3.01. The van der Waals surface area contributed by atoms with Crippen LogP contribution < -0.4 is 0 Å². The number of sulfonamides is 1. The quantitative estimate of drug-likeness (QED) is 0.827. The van der Waals surface area contributed by atoms with Crippen molar-refractivity contribution in [3.63, 3.8) is 0 Å². The first-order valence-electron chi connectivity index (χ1n) is 8.17. The molecule has 1 fully saturated rings. The highest BCUT2D eigenvalue weighted by molar-refractivity contribution is 7.89. The van der Waals surface area contributed by atoms with Crippen LogP contribution in [0.15, 0.2) is 16.3 Å². The number of hydrogen-bond acceptors (Lipinski definition) is 5. The first-order chi connectivity index (χ1) is 11.4. The molecule has 1 saturated heterocycles. The zero-order valence-electron chi connectivity index (χ0n) is 14.2. The second-order valence-corrected chi connectivity index (χ2v) is 9.56. The summed E-state index contributed by atoms with van der Waals surface area (Å²) in [6.45, 7) is 6.71. The highest BCUT2D eigenvalue weighted by Gasteiger charge is 2.42. The second-order valence-electron chi connectivity index (χ2n) is 6.69. The van der Waals surface area contributed by atoms with E-state index in [-0.39, 0.29) is 0 Å². The van der Waals surface area contributed by atoms with Crippen LogP contribution in [0, 0.1) is 13.8 Å². The first kappa shape index (κ1) is 16.3. The van der Waals surface area contributed by atoms with E-state index < -0.39 is 10.0 Å². The van der Waals surface area contributed by atoms with E-state index in [0.717, 1.165) is 19.5 Å². The summed E-state index contributed by atoms with van der Waals surface area (Å²) < 4.78 is 29.1. The van der Waals surface area contributed by atoms with Gasteiger partial charge < -0.3 is 0 Å². The van der Waals surface area contributed by atoms with Crippen LogP contribution in [0.5, 0.6) is 0 Å². The van der Waals surface area contributed by atoms with Gasteiger partial charge in [-0.2, -0.15) is 9.40 Å². The maximum Gasteiger partial charge on any atom is 0.246 e. The van der Waals surface area contributed by atoms with Crippen molar-refractivity contribution < 1.29 is 8.42 Å². The molecule has 2 aliphatic heterocycles. The number of aromatic nitrogens is 2. The third-order valence-electron chi connectivity index (χ3n) is 5.22. The predicted molar refractivity (Wildman–Crippen MR) is 93.7 cm³/mol. The maximum atomic E-state index is 12.9. The molecule has 0 amide bonds. The van der Waals surface area contributed by atoms with Crippen LogP contribution in [-0.4, -0.2) is 53.1 Å². The van der Waals surface area contributed by atoms with Gasteiger partial charge in [0, 0.05) is 44.1 Å². The molecule has 0 radical (unpaired) electrons. The standard InChI is InChI=1S/C16H22N4O2S2/c1-11-16(12(2)18(3)17-11)24(21,22)20-9-14(10-20)19-6-4-15-13(8-19)5-7-23-15/h5,7,14H,4,6,8-10H2,1-3H3. The van der Waals surface area contributed by atoms with E-state index in [1.165, 1.54) is 10.4 Å². The van der Waals surface area contributed by atoms with Crippen LogP contribution in [0.4, 0.5) is 0 Å². The van der Waals surface area contributed by atoms with Crippen LogP contribution in [0.1, 0.15) is 21.8 Å². The molecule has 6 nitrogen and oxygen atoms in total. The monoisotopic (exact) mass is 366 g/mol. The molecular formula is C16H22N4O2S2. The number of thiophene rings is 1. The van der Waals surface area contributed by atoms with Gasteiger partial charge in [0.15, 0.2) is 0 Å². The zero-order valence-corrected chi connectivity index (χ0v) is 15.8. The molecule has 0 aromatic carbocycles. The van der Waals surface area contributed by atoms with Crippen LogP contribution in [0.25, 0.3) is 0 Å². The Morgan fingerprint density at radius 1 is 1.29 bits per heavy atom. The molecule has 130 valence electrons. The number of aryl methyl sites for hydroxylation is 2. The lowest BCUT2D eigenvalue weighted by atomic mass is 10.0. The van der Waals surface area contributed by atoms with Gasteiger partial charge in [-0.05, 0) is 37.3 Å². The van der Waals surface area contributed by atoms with Crippen molar-refractivity contribution in [2.75, 3.05) is 19.6 Å². The topological polar surface area (TPSA) is 58.4 Å². The Bertz CT molecular complexity index is 878. The zero-order chi connectivity index (χ0) is 17.1. The van der Waals surface area contributed by atoms with Crippen LogP contribution in [0.2, 0.25) is 0 Å². The first-order valence-corrected chi connectivity index (χ1v) is 10.5. The Balaban J connectivity index is 1.47. The van der Waals surface area contributed by atoms with Gasteiger partial charge in [0.05, 0.1) is 11.4 Å². The highest BCUT2D eigenvalue weighted by Crippen LogP contribution is 2.31. The Hall–Kier alpha value is -1.22. The molecule has 0 saturated carbocycles. The van der Waals surface area contributed by atoms with E-state index in [1.54, 1.807) is 23.0 Å². The Kier molecular flexibility index (Phi) is 3.83. The van der Waals surface area contributed by atoms with E-state index in [1.807, 2.05) is 18.3 Å². The number of fused-ring (bicyclic) bond motifs is 1. The number of hydrogen-bond donors (Lipinski definition) is 0. The van der Waals surface area contributed by atoms with Crippen molar-refractivity contribution >= 4 is 21.4 Å². The summed E-state index contributed by atoms with van der Waals surface area (Å²) >= 11 is 1.83. The Morgan fingerprint density at radius 2 is 2.04 bits per heavy atom. The maximum absolute atomic E-state index is 12.9. The number of nitrogens with zero attached hydrogens (tertiary/aromatic N) is 4. The molecule has 2 aromatic heterocycles. The predicted octanol–water partition coefficient (Wildman–Crippen LogP) is 1.53. The summed E-state index contributed by atoms with van der Waals surface area (Å²) in [4.78, 5) is 4.28. The van der Waals surface area contributed by atoms with Gasteiger partial charge in [0.1, 0.15) is 4.90 Å². The lowest BCUT2D eigenvalue weighted by molar-refractivity contribution is 0.0774. The Labute approximate surface area is 146 Å². The third-order valence-corrected chi connectivity index (χ3v) is 8.33. The molecular weight excluding hydrogens is 344 g/mol. The summed E-state index contributed by atoms with van der Waals surface area (Å²) in [6, 6.07) is 2.52. The molecule has 4 heterocycles. The van der Waals surface area contributed by atoms with Crippen molar-refractivity contribution in [3.05, 3.63) is 33.3 Å². The Morgan fingerprint density at radius 3 is 2.71 bits per heavy atom. The van der Waals surface area contributed by atoms with Gasteiger partial charge in [0.25, 0.3) is 0 Å². The SMILES string of the molecule is Cc1nn(C)c(C)c1S(=O)(=O)N1CC(N2CCc3sccc3C2)C1. The van der Waals surface area contributed by atoms with Crippen molar-refractivity contribution in [2.24, 2.45) is 7.05 Å². The van der Waals surface area contributed by atoms with Gasteiger partial charge in [-0.3, -0.25) is 9.58 Å². The van der Waals surface area contributed by atoms with Crippen molar-refractivity contribution in [2.45, 2.75) is 37.8 Å². The summed E-state index contributed by atoms with van der Waals surface area (Å²) in [5.74, 6) is 0. The van der Waals surface area contributed by atoms with Crippen molar-refractivity contribution in [1.29, 1.82) is 0 Å². The fourth-order valence-corrected chi connectivity index (χ4v) is 6.49. The molecule has 2 aliphatic rings. The third kappa shape index (κ3) is 2.44. The molecule has 0 unspecified atom stereocenters. The summed E-state index contributed by atoms with van der Waals surface area (Å²) in [7, 11) is -1.65. The van der Waals surface area contributed by atoms with Crippen molar-refractivity contribution in [3.8, 4) is 0 Å². The molecule has 0 aliphatic carbocycles. The lowest BCUT2D eigenvalue weighted by Crippen LogP contribution is -2.61. The minimum atomic E-state index is -3.44. The fraction of sp³-hybridized carbons (Fsp3) is 0.562. The van der Waals surface area contributed by atoms with Crippen LogP contribution >= 0.6 is 11.3 Å². The van der Waals surface area contributed by atoms with E-state index in [4.69, 9.17) is 0 Å². The highest BCUT2D eigenvalue weighted by atomic mass is 32.2. The van der Waals surface area contributed by atoms with Crippen molar-refractivity contribution in [1.82, 2.24) is 19.0 Å². The molecule has 0 spiro atoms. The fourth-order valence-electron chi connectivity index (χ4n) is 3.68. The molecule has 0 N–H and O–H groups in total. The van der Waals surface area contributed by atoms with Gasteiger partial charge in [0.2, 0.25) is 10.0 Å². The minimum Gasteiger partial charge on any atom is -0.293 e. The van der Waals surface area contributed by atoms with E-state index in [9.17, 15) is 8.42 Å². The molecule has 4 rings (SSSR count). The van der Waals surface area contributed by atoms with E-state index in [0.29, 0.717) is 35.4 Å². The summed E-state index contributed by atoms with van der Waals surface area (Å²) in [6.07, 6.45) is 1.08. The van der Waals surface area contributed by atoms with Gasteiger partial charge in [-0.25, -0.2) is 8.42 Å². The smallest absolute Gasteiger partial charge is 0.246 e. The molecule has 2 aromatic rings. The summed E-state index contributed by atoms with van der Waals surface area (Å²) in [5, 5.41) is 6.40. The molecule has 8 heteroatoms. The lowest BCUT2D eigenvalue weighted by Gasteiger charge is -2.45. The summed E-state index contributed by atoms with van der Waals surface area (Å²) in [5.41, 5.74) is 2.70. The van der Waals surface area contributed by atoms with Gasteiger partial charge >= 0.3 is 0 Å². The normalized spacial score (nSPS) is 20.1. The minimum absolute atomic E-state index is 0.324. The molecule has 0 atom stereocenters. The second kappa shape index (κ2) is 5.66. The largest absolute Gasteiger partial charge is 0.293 e. The van der Waals surface area contributed by atoms with E-state index >= 15 is 0 Å². The van der Waals surface area contributed by atoms with Crippen LogP contribution in [0.3, 0.4) is 0 Å². The van der Waals surface area contributed by atoms with Crippen LogP contribution in [-0.2, 0) is 30.0 Å².